The molecule has 1 amide bonds. The Balaban J connectivity index is 1.52. The molecule has 2 aromatic carbocycles. The number of aromatic nitrogens is 1. The fourth-order valence-electron chi connectivity index (χ4n) is 3.17. The van der Waals surface area contributed by atoms with Gasteiger partial charge >= 0.3 is 0 Å². The molecule has 0 fully saturated rings. The van der Waals surface area contributed by atoms with Crippen molar-refractivity contribution in [3.8, 4) is 0 Å². The van der Waals surface area contributed by atoms with Gasteiger partial charge in [-0.15, -0.1) is 0 Å². The first-order chi connectivity index (χ1) is 14.8. The molecule has 0 atom stereocenters. The van der Waals surface area contributed by atoms with Crippen LogP contribution in [0.15, 0.2) is 73.1 Å². The second-order valence-corrected chi connectivity index (χ2v) is 9.10. The molecule has 3 rings (SSSR count). The quantitative estimate of drug-likeness (QED) is 0.544. The van der Waals surface area contributed by atoms with Gasteiger partial charge in [-0.3, -0.25) is 14.1 Å². The van der Waals surface area contributed by atoms with Crippen LogP contribution >= 0.6 is 0 Å². The zero-order valence-electron chi connectivity index (χ0n) is 17.2. The molecule has 6 nitrogen and oxygen atoms in total. The standard InChI is InChI=1S/C23H24FN3O3S/c1-31(29,30)27(22-5-2-4-20(24)17-22)15-3-6-23(28)26-21-9-7-18(8-10-21)16-19-11-13-25-14-12-19/h2,4-5,7-14,17H,3,6,15-16H2,1H3,(H,26,28). The van der Waals surface area contributed by atoms with E-state index in [4.69, 9.17) is 0 Å². The number of nitrogens with zero attached hydrogens (tertiary/aromatic N) is 2. The summed E-state index contributed by atoms with van der Waals surface area (Å²) in [7, 11) is -3.59. The summed E-state index contributed by atoms with van der Waals surface area (Å²) in [4.78, 5) is 16.3. The summed E-state index contributed by atoms with van der Waals surface area (Å²) in [5.41, 5.74) is 3.19. The number of anilines is 2. The predicted octanol–water partition coefficient (Wildman–Crippen LogP) is 4.00. The van der Waals surface area contributed by atoms with Gasteiger partial charge in [0.2, 0.25) is 15.9 Å². The molecule has 0 aliphatic heterocycles. The van der Waals surface area contributed by atoms with Crippen LogP contribution in [0, 0.1) is 5.82 Å². The average Bonchev–Trinajstić information content (AvgIpc) is 2.72. The number of carbonyl (C=O) groups excluding carboxylic acids is 1. The molecule has 31 heavy (non-hydrogen) atoms. The number of hydrogen-bond donors (Lipinski definition) is 1. The van der Waals surface area contributed by atoms with Crippen molar-refractivity contribution in [3.05, 3.63) is 90.0 Å². The van der Waals surface area contributed by atoms with Gasteiger partial charge in [-0.1, -0.05) is 18.2 Å². The van der Waals surface area contributed by atoms with Crippen LogP contribution in [0.2, 0.25) is 0 Å². The zero-order chi connectivity index (χ0) is 22.3. The van der Waals surface area contributed by atoms with E-state index in [1.165, 1.54) is 18.2 Å². The molecule has 0 aliphatic carbocycles. The van der Waals surface area contributed by atoms with Gasteiger partial charge in [-0.05, 0) is 66.4 Å². The smallest absolute Gasteiger partial charge is 0.232 e. The summed E-state index contributed by atoms with van der Waals surface area (Å²) in [5, 5.41) is 2.82. The number of rotatable bonds is 9. The SMILES string of the molecule is CS(=O)(=O)N(CCCC(=O)Nc1ccc(Cc2ccncc2)cc1)c1cccc(F)c1. The van der Waals surface area contributed by atoms with Gasteiger partial charge in [0.15, 0.2) is 0 Å². The van der Waals surface area contributed by atoms with E-state index in [0.29, 0.717) is 12.1 Å². The van der Waals surface area contributed by atoms with Crippen LogP contribution in [0.5, 0.6) is 0 Å². The van der Waals surface area contributed by atoms with Gasteiger partial charge in [-0.2, -0.15) is 0 Å². The van der Waals surface area contributed by atoms with Crippen molar-refractivity contribution in [2.75, 3.05) is 22.4 Å². The second-order valence-electron chi connectivity index (χ2n) is 7.20. The first-order valence-corrected chi connectivity index (χ1v) is 11.7. The third-order valence-electron chi connectivity index (χ3n) is 4.66. The van der Waals surface area contributed by atoms with E-state index in [1.807, 2.05) is 36.4 Å². The monoisotopic (exact) mass is 441 g/mol. The number of pyridine rings is 1. The van der Waals surface area contributed by atoms with E-state index in [0.717, 1.165) is 34.2 Å². The maximum Gasteiger partial charge on any atom is 0.232 e. The number of nitrogens with one attached hydrogen (secondary N) is 1. The Kier molecular flexibility index (Phi) is 7.36. The lowest BCUT2D eigenvalue weighted by Crippen LogP contribution is -2.31. The van der Waals surface area contributed by atoms with Crippen LogP contribution in [-0.4, -0.2) is 32.1 Å². The van der Waals surface area contributed by atoms with E-state index in [-0.39, 0.29) is 24.6 Å². The molecule has 162 valence electrons. The molecule has 0 saturated carbocycles. The summed E-state index contributed by atoms with van der Waals surface area (Å²) in [6.07, 6.45) is 5.78. The van der Waals surface area contributed by atoms with Crippen molar-refractivity contribution in [3.63, 3.8) is 0 Å². The molecule has 8 heteroatoms. The Morgan fingerprint density at radius 3 is 2.35 bits per heavy atom. The minimum atomic E-state index is -3.59. The minimum absolute atomic E-state index is 0.0839. The first-order valence-electron chi connectivity index (χ1n) is 9.82. The third-order valence-corrected chi connectivity index (χ3v) is 5.85. The van der Waals surface area contributed by atoms with E-state index in [1.54, 1.807) is 12.4 Å². The van der Waals surface area contributed by atoms with Gasteiger partial charge in [0.1, 0.15) is 5.82 Å². The fourth-order valence-corrected chi connectivity index (χ4v) is 4.12. The van der Waals surface area contributed by atoms with E-state index in [9.17, 15) is 17.6 Å². The normalized spacial score (nSPS) is 11.2. The van der Waals surface area contributed by atoms with Crippen LogP contribution in [0.3, 0.4) is 0 Å². The van der Waals surface area contributed by atoms with Gasteiger partial charge < -0.3 is 5.32 Å². The Hall–Kier alpha value is -3.26. The highest BCUT2D eigenvalue weighted by atomic mass is 32.2. The largest absolute Gasteiger partial charge is 0.326 e. The highest BCUT2D eigenvalue weighted by Crippen LogP contribution is 2.19. The number of halogens is 1. The van der Waals surface area contributed by atoms with Crippen molar-refractivity contribution >= 4 is 27.3 Å². The average molecular weight is 442 g/mol. The molecule has 0 saturated heterocycles. The van der Waals surface area contributed by atoms with Crippen LogP contribution in [0.4, 0.5) is 15.8 Å². The van der Waals surface area contributed by atoms with Gasteiger partial charge in [0.25, 0.3) is 0 Å². The van der Waals surface area contributed by atoms with E-state index >= 15 is 0 Å². The van der Waals surface area contributed by atoms with Crippen molar-refractivity contribution in [1.29, 1.82) is 0 Å². The molecule has 0 unspecified atom stereocenters. The molecule has 0 aliphatic rings. The summed E-state index contributed by atoms with van der Waals surface area (Å²) in [6.45, 7) is 0.0839. The lowest BCUT2D eigenvalue weighted by atomic mass is 10.1. The molecular formula is C23H24FN3O3S. The van der Waals surface area contributed by atoms with Crippen molar-refractivity contribution in [2.24, 2.45) is 0 Å². The zero-order valence-corrected chi connectivity index (χ0v) is 18.0. The number of amides is 1. The molecule has 1 aromatic heterocycles. The maximum absolute atomic E-state index is 13.5. The lowest BCUT2D eigenvalue weighted by molar-refractivity contribution is -0.116. The Morgan fingerprint density at radius 2 is 1.71 bits per heavy atom. The fraction of sp³-hybridized carbons (Fsp3) is 0.217. The predicted molar refractivity (Wildman–Crippen MR) is 120 cm³/mol. The summed E-state index contributed by atoms with van der Waals surface area (Å²) in [6, 6.07) is 16.9. The number of sulfonamides is 1. The maximum atomic E-state index is 13.5. The Morgan fingerprint density at radius 1 is 1.03 bits per heavy atom. The highest BCUT2D eigenvalue weighted by Gasteiger charge is 2.18. The number of benzene rings is 2. The topological polar surface area (TPSA) is 79.4 Å². The minimum Gasteiger partial charge on any atom is -0.326 e. The van der Waals surface area contributed by atoms with Crippen LogP contribution < -0.4 is 9.62 Å². The summed E-state index contributed by atoms with van der Waals surface area (Å²) < 4.78 is 38.7. The molecule has 0 radical (unpaired) electrons. The van der Waals surface area contributed by atoms with Gasteiger partial charge in [0, 0.05) is 31.0 Å². The molecule has 1 N–H and O–H groups in total. The van der Waals surface area contributed by atoms with Crippen LogP contribution in [0.25, 0.3) is 0 Å². The van der Waals surface area contributed by atoms with Crippen LogP contribution in [0.1, 0.15) is 24.0 Å². The second kappa shape index (κ2) is 10.2. The molecule has 0 spiro atoms. The Labute approximate surface area is 181 Å². The number of hydrogen-bond acceptors (Lipinski definition) is 4. The van der Waals surface area contributed by atoms with Gasteiger partial charge in [-0.25, -0.2) is 12.8 Å². The first kappa shape index (κ1) is 22.4. The Bertz CT molecular complexity index is 1120. The lowest BCUT2D eigenvalue weighted by Gasteiger charge is -2.22. The number of carbonyl (C=O) groups is 1. The summed E-state index contributed by atoms with van der Waals surface area (Å²) >= 11 is 0. The van der Waals surface area contributed by atoms with Crippen molar-refractivity contribution < 1.29 is 17.6 Å². The molecule has 0 bridgehead atoms. The van der Waals surface area contributed by atoms with Crippen LogP contribution in [-0.2, 0) is 21.2 Å². The van der Waals surface area contributed by atoms with E-state index in [2.05, 4.69) is 10.3 Å². The van der Waals surface area contributed by atoms with E-state index < -0.39 is 15.8 Å². The molecular weight excluding hydrogens is 417 g/mol. The van der Waals surface area contributed by atoms with Crippen molar-refractivity contribution in [2.45, 2.75) is 19.3 Å². The van der Waals surface area contributed by atoms with Gasteiger partial charge in [0.05, 0.1) is 11.9 Å². The summed E-state index contributed by atoms with van der Waals surface area (Å²) in [5.74, 6) is -0.731. The molecule has 1 heterocycles. The molecule has 3 aromatic rings. The highest BCUT2D eigenvalue weighted by molar-refractivity contribution is 7.92. The third kappa shape index (κ3) is 6.89. The van der Waals surface area contributed by atoms with Crippen molar-refractivity contribution in [1.82, 2.24) is 4.98 Å².